The number of nitrogens with one attached hydrogen (secondary N) is 1. The van der Waals surface area contributed by atoms with E-state index in [2.05, 4.69) is 29.4 Å². The first-order valence-electron chi connectivity index (χ1n) is 7.36. The van der Waals surface area contributed by atoms with Crippen LogP contribution >= 0.6 is 11.3 Å². The highest BCUT2D eigenvalue weighted by atomic mass is 32.1. The standard InChI is InChI=1S/C17H21N3OS/c1-12(2)9-16(14-7-5-4-6-8-14)19-20-17(21)10-15-11-22-13(3)18-15/h4-8,11-12H,9-10H2,1-3H3,(H,20,21)/b19-16-. The monoisotopic (exact) mass is 315 g/mol. The lowest BCUT2D eigenvalue weighted by atomic mass is 10.0. The molecule has 2 aromatic rings. The smallest absolute Gasteiger partial charge is 0.246 e. The fourth-order valence-corrected chi connectivity index (χ4v) is 2.68. The van der Waals surface area contributed by atoms with Gasteiger partial charge in [-0.15, -0.1) is 11.3 Å². The Hall–Kier alpha value is -2.01. The summed E-state index contributed by atoms with van der Waals surface area (Å²) in [6.45, 7) is 6.21. The van der Waals surface area contributed by atoms with Crippen molar-refractivity contribution in [2.45, 2.75) is 33.6 Å². The first-order valence-corrected chi connectivity index (χ1v) is 8.24. The summed E-state index contributed by atoms with van der Waals surface area (Å²) in [6.07, 6.45) is 1.08. The van der Waals surface area contributed by atoms with E-state index in [0.29, 0.717) is 5.92 Å². The summed E-state index contributed by atoms with van der Waals surface area (Å²) in [5, 5.41) is 7.21. The topological polar surface area (TPSA) is 54.4 Å². The van der Waals surface area contributed by atoms with Crippen LogP contribution in [0.1, 0.15) is 36.5 Å². The fraction of sp³-hybridized carbons (Fsp3) is 0.353. The Morgan fingerprint density at radius 2 is 2.05 bits per heavy atom. The molecule has 1 N–H and O–H groups in total. The van der Waals surface area contributed by atoms with Gasteiger partial charge in [-0.1, -0.05) is 44.2 Å². The van der Waals surface area contributed by atoms with Gasteiger partial charge >= 0.3 is 0 Å². The molecular formula is C17H21N3OS. The first-order chi connectivity index (χ1) is 10.5. The number of hydrazone groups is 1. The summed E-state index contributed by atoms with van der Waals surface area (Å²) in [4.78, 5) is 16.3. The van der Waals surface area contributed by atoms with Crippen LogP contribution in [0.5, 0.6) is 0 Å². The van der Waals surface area contributed by atoms with Gasteiger partial charge in [0.1, 0.15) is 0 Å². The zero-order chi connectivity index (χ0) is 15.9. The predicted molar refractivity (Wildman–Crippen MR) is 91.1 cm³/mol. The molecule has 0 radical (unpaired) electrons. The largest absolute Gasteiger partial charge is 0.273 e. The highest BCUT2D eigenvalue weighted by Crippen LogP contribution is 2.11. The number of amides is 1. The van der Waals surface area contributed by atoms with Crippen molar-refractivity contribution in [1.29, 1.82) is 0 Å². The minimum absolute atomic E-state index is 0.137. The van der Waals surface area contributed by atoms with Gasteiger partial charge in [0, 0.05) is 5.38 Å². The average molecular weight is 315 g/mol. The predicted octanol–water partition coefficient (Wildman–Crippen LogP) is 3.56. The van der Waals surface area contributed by atoms with Gasteiger partial charge in [-0.2, -0.15) is 5.10 Å². The minimum Gasteiger partial charge on any atom is -0.273 e. The lowest BCUT2D eigenvalue weighted by molar-refractivity contribution is -0.120. The number of thiazole rings is 1. The molecule has 116 valence electrons. The zero-order valence-corrected chi connectivity index (χ0v) is 14.0. The van der Waals surface area contributed by atoms with Crippen molar-refractivity contribution >= 4 is 23.0 Å². The number of aromatic nitrogens is 1. The van der Waals surface area contributed by atoms with E-state index >= 15 is 0 Å². The molecule has 2 rings (SSSR count). The van der Waals surface area contributed by atoms with Crippen LogP contribution in [0.15, 0.2) is 40.8 Å². The van der Waals surface area contributed by atoms with Crippen LogP contribution in [-0.2, 0) is 11.2 Å². The van der Waals surface area contributed by atoms with Crippen LogP contribution in [0.3, 0.4) is 0 Å². The fourth-order valence-electron chi connectivity index (χ4n) is 2.07. The number of rotatable bonds is 6. The quantitative estimate of drug-likeness (QED) is 0.654. The second-order valence-corrected chi connectivity index (χ2v) is 6.65. The molecule has 1 heterocycles. The van der Waals surface area contributed by atoms with Crippen LogP contribution < -0.4 is 5.43 Å². The van der Waals surface area contributed by atoms with Crippen LogP contribution in [0.4, 0.5) is 0 Å². The van der Waals surface area contributed by atoms with Crippen molar-refractivity contribution in [3.8, 4) is 0 Å². The average Bonchev–Trinajstić information content (AvgIpc) is 2.89. The van der Waals surface area contributed by atoms with Crippen LogP contribution in [0, 0.1) is 12.8 Å². The summed E-state index contributed by atoms with van der Waals surface area (Å²) in [6, 6.07) is 9.95. The Bertz CT molecular complexity index is 647. The Kier molecular flexibility index (Phi) is 5.83. The molecule has 0 saturated carbocycles. The third-order valence-corrected chi connectivity index (χ3v) is 3.85. The number of aryl methyl sites for hydroxylation is 1. The molecule has 0 aliphatic carbocycles. The van der Waals surface area contributed by atoms with Gasteiger partial charge < -0.3 is 0 Å². The van der Waals surface area contributed by atoms with Gasteiger partial charge in [0.05, 0.1) is 22.8 Å². The van der Waals surface area contributed by atoms with E-state index in [1.165, 1.54) is 0 Å². The van der Waals surface area contributed by atoms with Crippen molar-refractivity contribution in [3.63, 3.8) is 0 Å². The van der Waals surface area contributed by atoms with E-state index in [-0.39, 0.29) is 12.3 Å². The molecule has 1 aromatic carbocycles. The summed E-state index contributed by atoms with van der Waals surface area (Å²) in [7, 11) is 0. The van der Waals surface area contributed by atoms with Gasteiger partial charge in [0.15, 0.2) is 0 Å². The Labute approximate surface area is 135 Å². The molecule has 1 aromatic heterocycles. The molecule has 0 spiro atoms. The van der Waals surface area contributed by atoms with Crippen molar-refractivity contribution in [3.05, 3.63) is 52.0 Å². The number of hydrogen-bond acceptors (Lipinski definition) is 4. The molecule has 0 bridgehead atoms. The highest BCUT2D eigenvalue weighted by molar-refractivity contribution is 7.09. The Morgan fingerprint density at radius 1 is 1.32 bits per heavy atom. The molecule has 0 aliphatic heterocycles. The molecule has 0 fully saturated rings. The van der Waals surface area contributed by atoms with Gasteiger partial charge in [0.2, 0.25) is 5.91 Å². The minimum atomic E-state index is -0.137. The van der Waals surface area contributed by atoms with Crippen molar-refractivity contribution in [2.75, 3.05) is 0 Å². The van der Waals surface area contributed by atoms with Gasteiger partial charge in [-0.25, -0.2) is 10.4 Å². The van der Waals surface area contributed by atoms with Crippen LogP contribution in [0.2, 0.25) is 0 Å². The van der Waals surface area contributed by atoms with E-state index in [4.69, 9.17) is 0 Å². The van der Waals surface area contributed by atoms with Gasteiger partial charge in [-0.05, 0) is 24.8 Å². The molecule has 0 saturated heterocycles. The summed E-state index contributed by atoms with van der Waals surface area (Å²) < 4.78 is 0. The third-order valence-electron chi connectivity index (χ3n) is 3.03. The molecule has 0 atom stereocenters. The lowest BCUT2D eigenvalue weighted by Crippen LogP contribution is -2.22. The van der Waals surface area contributed by atoms with Crippen molar-refractivity contribution in [2.24, 2.45) is 11.0 Å². The summed E-state index contributed by atoms with van der Waals surface area (Å²) in [5.74, 6) is 0.333. The molecule has 0 aliphatic rings. The second-order valence-electron chi connectivity index (χ2n) is 5.59. The number of benzene rings is 1. The number of carbonyl (C=O) groups is 1. The van der Waals surface area contributed by atoms with E-state index < -0.39 is 0 Å². The van der Waals surface area contributed by atoms with Crippen LogP contribution in [0.25, 0.3) is 0 Å². The maximum Gasteiger partial charge on any atom is 0.246 e. The summed E-state index contributed by atoms with van der Waals surface area (Å²) >= 11 is 1.55. The summed E-state index contributed by atoms with van der Waals surface area (Å²) in [5.41, 5.74) is 5.39. The van der Waals surface area contributed by atoms with E-state index in [1.54, 1.807) is 11.3 Å². The molecule has 0 unspecified atom stereocenters. The van der Waals surface area contributed by atoms with Crippen molar-refractivity contribution in [1.82, 2.24) is 10.4 Å². The second kappa shape index (κ2) is 7.84. The van der Waals surface area contributed by atoms with E-state index in [9.17, 15) is 4.79 Å². The lowest BCUT2D eigenvalue weighted by Gasteiger charge is -2.09. The maximum atomic E-state index is 12.0. The Morgan fingerprint density at radius 3 is 2.64 bits per heavy atom. The molecule has 1 amide bonds. The molecule has 4 nitrogen and oxygen atoms in total. The van der Waals surface area contributed by atoms with E-state index in [1.807, 2.05) is 42.6 Å². The normalized spacial score (nSPS) is 11.7. The SMILES string of the molecule is Cc1nc(CC(=O)N/N=C(/CC(C)C)c2ccccc2)cs1. The Balaban J connectivity index is 2.04. The molecule has 22 heavy (non-hydrogen) atoms. The van der Waals surface area contributed by atoms with Gasteiger partial charge in [-0.3, -0.25) is 4.79 Å². The maximum absolute atomic E-state index is 12.0. The molecular weight excluding hydrogens is 294 g/mol. The van der Waals surface area contributed by atoms with E-state index in [0.717, 1.165) is 28.4 Å². The van der Waals surface area contributed by atoms with Gasteiger partial charge in [0.25, 0.3) is 0 Å². The third kappa shape index (κ3) is 5.07. The highest BCUT2D eigenvalue weighted by Gasteiger charge is 2.09. The molecule has 5 heteroatoms. The number of carbonyl (C=O) groups excluding carboxylic acids is 1. The number of nitrogens with zero attached hydrogens (tertiary/aromatic N) is 2. The van der Waals surface area contributed by atoms with Crippen molar-refractivity contribution < 1.29 is 4.79 Å². The van der Waals surface area contributed by atoms with Crippen LogP contribution in [-0.4, -0.2) is 16.6 Å². The first kappa shape index (κ1) is 16.4. The zero-order valence-electron chi connectivity index (χ0n) is 13.2. The number of hydrogen-bond donors (Lipinski definition) is 1.